The third-order valence-electron chi connectivity index (χ3n) is 2.85. The van der Waals surface area contributed by atoms with E-state index in [1.165, 1.54) is 0 Å². The van der Waals surface area contributed by atoms with Crippen molar-refractivity contribution in [3.8, 4) is 5.75 Å². The number of hydrogen-bond donors (Lipinski definition) is 1. The fourth-order valence-corrected chi connectivity index (χ4v) is 2.70. The van der Waals surface area contributed by atoms with E-state index in [1.807, 2.05) is 25.1 Å². The molecule has 0 saturated heterocycles. The zero-order valence-corrected chi connectivity index (χ0v) is 12.2. The van der Waals surface area contributed by atoms with E-state index in [4.69, 9.17) is 9.26 Å². The molecule has 1 unspecified atom stereocenters. The Bertz CT molecular complexity index is 737. The average Bonchev–Trinajstić information content (AvgIpc) is 3.03. The third kappa shape index (κ3) is 2.49. The van der Waals surface area contributed by atoms with Crippen molar-refractivity contribution in [3.63, 3.8) is 0 Å². The Balaban J connectivity index is 1.83. The number of benzene rings is 1. The standard InChI is InChI=1S/C13H14N4O2S/c1-7(12-14-8(2)17-19-12)20-13-15-10-5-4-9(18-3)6-11(10)16-13/h4-7H,1-3H3,(H,15,16). The van der Waals surface area contributed by atoms with Gasteiger partial charge in [-0.15, -0.1) is 0 Å². The van der Waals surface area contributed by atoms with Crippen molar-refractivity contribution in [2.24, 2.45) is 0 Å². The average molecular weight is 290 g/mol. The molecule has 20 heavy (non-hydrogen) atoms. The maximum absolute atomic E-state index is 5.20. The number of aryl methyl sites for hydroxylation is 1. The number of nitrogens with zero attached hydrogens (tertiary/aromatic N) is 3. The Morgan fingerprint density at radius 3 is 2.90 bits per heavy atom. The lowest BCUT2D eigenvalue weighted by molar-refractivity contribution is 0.376. The zero-order valence-electron chi connectivity index (χ0n) is 11.4. The number of thioether (sulfide) groups is 1. The van der Waals surface area contributed by atoms with Crippen LogP contribution in [0.15, 0.2) is 27.9 Å². The molecule has 3 aromatic rings. The summed E-state index contributed by atoms with van der Waals surface area (Å²) in [6, 6.07) is 5.74. The quantitative estimate of drug-likeness (QED) is 0.744. The normalized spacial score (nSPS) is 12.8. The van der Waals surface area contributed by atoms with Gasteiger partial charge >= 0.3 is 0 Å². The van der Waals surface area contributed by atoms with Crippen LogP contribution in [-0.2, 0) is 0 Å². The van der Waals surface area contributed by atoms with Gasteiger partial charge in [-0.3, -0.25) is 0 Å². The van der Waals surface area contributed by atoms with Gasteiger partial charge in [0.1, 0.15) is 5.75 Å². The van der Waals surface area contributed by atoms with Gasteiger partial charge < -0.3 is 14.2 Å². The molecule has 0 aliphatic carbocycles. The number of methoxy groups -OCH3 is 1. The lowest BCUT2D eigenvalue weighted by atomic mass is 10.3. The molecule has 0 aliphatic rings. The number of ether oxygens (including phenoxy) is 1. The second-order valence-electron chi connectivity index (χ2n) is 4.36. The second kappa shape index (κ2) is 5.16. The molecule has 7 heteroatoms. The number of imidazole rings is 1. The van der Waals surface area contributed by atoms with Crippen molar-refractivity contribution in [1.29, 1.82) is 0 Å². The van der Waals surface area contributed by atoms with Crippen LogP contribution in [0, 0.1) is 6.92 Å². The summed E-state index contributed by atoms with van der Waals surface area (Å²) in [6.45, 7) is 3.81. The number of hydrogen-bond acceptors (Lipinski definition) is 6. The van der Waals surface area contributed by atoms with Gasteiger partial charge in [-0.05, 0) is 26.0 Å². The summed E-state index contributed by atoms with van der Waals surface area (Å²) in [6.07, 6.45) is 0. The lowest BCUT2D eigenvalue weighted by Crippen LogP contribution is -1.89. The lowest BCUT2D eigenvalue weighted by Gasteiger charge is -2.02. The predicted molar refractivity (Wildman–Crippen MR) is 76.0 cm³/mol. The summed E-state index contributed by atoms with van der Waals surface area (Å²) in [4.78, 5) is 12.0. The monoisotopic (exact) mass is 290 g/mol. The van der Waals surface area contributed by atoms with E-state index in [9.17, 15) is 0 Å². The number of H-pyrrole nitrogens is 1. The summed E-state index contributed by atoms with van der Waals surface area (Å²) in [5, 5.41) is 4.65. The number of fused-ring (bicyclic) bond motifs is 1. The second-order valence-corrected chi connectivity index (χ2v) is 5.69. The molecule has 2 aromatic heterocycles. The molecule has 1 aromatic carbocycles. The molecule has 1 atom stereocenters. The molecule has 1 N–H and O–H groups in total. The largest absolute Gasteiger partial charge is 0.497 e. The SMILES string of the molecule is COc1ccc2nc(SC(C)c3nc(C)no3)[nH]c2c1. The third-order valence-corrected chi connectivity index (χ3v) is 3.82. The van der Waals surface area contributed by atoms with Crippen LogP contribution in [0.25, 0.3) is 11.0 Å². The highest BCUT2D eigenvalue weighted by molar-refractivity contribution is 7.99. The van der Waals surface area contributed by atoms with Gasteiger partial charge in [-0.2, -0.15) is 4.98 Å². The highest BCUT2D eigenvalue weighted by Crippen LogP contribution is 2.33. The van der Waals surface area contributed by atoms with Crippen molar-refractivity contribution < 1.29 is 9.26 Å². The van der Waals surface area contributed by atoms with Crippen LogP contribution in [0.1, 0.15) is 23.9 Å². The first-order valence-electron chi connectivity index (χ1n) is 6.16. The minimum Gasteiger partial charge on any atom is -0.497 e. The van der Waals surface area contributed by atoms with Crippen LogP contribution in [0.4, 0.5) is 0 Å². The first-order valence-corrected chi connectivity index (χ1v) is 7.04. The molecule has 0 aliphatic heterocycles. The molecule has 0 radical (unpaired) electrons. The van der Waals surface area contributed by atoms with Crippen molar-refractivity contribution in [2.75, 3.05) is 7.11 Å². The van der Waals surface area contributed by atoms with Gasteiger partial charge in [0.2, 0.25) is 5.89 Å². The molecule has 0 bridgehead atoms. The van der Waals surface area contributed by atoms with Gasteiger partial charge in [0, 0.05) is 6.07 Å². The number of nitrogens with one attached hydrogen (secondary N) is 1. The summed E-state index contributed by atoms with van der Waals surface area (Å²) in [5.74, 6) is 2.05. The molecule has 6 nitrogen and oxygen atoms in total. The van der Waals surface area contributed by atoms with Gasteiger partial charge in [0.25, 0.3) is 0 Å². The number of rotatable bonds is 4. The molecule has 0 spiro atoms. The van der Waals surface area contributed by atoms with Gasteiger partial charge in [-0.1, -0.05) is 16.9 Å². The molecule has 104 valence electrons. The van der Waals surface area contributed by atoms with E-state index in [2.05, 4.69) is 20.1 Å². The fourth-order valence-electron chi connectivity index (χ4n) is 1.84. The van der Waals surface area contributed by atoms with Crippen molar-refractivity contribution in [2.45, 2.75) is 24.3 Å². The molecule has 0 amide bonds. The maximum atomic E-state index is 5.20. The highest BCUT2D eigenvalue weighted by atomic mass is 32.2. The Morgan fingerprint density at radius 2 is 2.20 bits per heavy atom. The Hall–Kier alpha value is -2.02. The maximum Gasteiger partial charge on any atom is 0.239 e. The molecule has 0 saturated carbocycles. The van der Waals surface area contributed by atoms with Crippen molar-refractivity contribution in [3.05, 3.63) is 29.9 Å². The predicted octanol–water partition coefficient (Wildman–Crippen LogP) is 3.12. The number of aromatic amines is 1. The highest BCUT2D eigenvalue weighted by Gasteiger charge is 2.16. The number of aromatic nitrogens is 4. The summed E-state index contributed by atoms with van der Waals surface area (Å²) < 4.78 is 10.4. The van der Waals surface area contributed by atoms with Crippen LogP contribution >= 0.6 is 11.8 Å². The van der Waals surface area contributed by atoms with Crippen LogP contribution in [0.3, 0.4) is 0 Å². The van der Waals surface area contributed by atoms with Crippen LogP contribution in [0.2, 0.25) is 0 Å². The van der Waals surface area contributed by atoms with Crippen LogP contribution in [-0.4, -0.2) is 27.2 Å². The van der Waals surface area contributed by atoms with E-state index in [-0.39, 0.29) is 5.25 Å². The smallest absolute Gasteiger partial charge is 0.239 e. The van der Waals surface area contributed by atoms with E-state index in [0.717, 1.165) is 21.9 Å². The van der Waals surface area contributed by atoms with Crippen LogP contribution < -0.4 is 4.74 Å². The van der Waals surface area contributed by atoms with E-state index in [1.54, 1.807) is 25.8 Å². The van der Waals surface area contributed by atoms with Gasteiger partial charge in [0.15, 0.2) is 11.0 Å². The summed E-state index contributed by atoms with van der Waals surface area (Å²) >= 11 is 1.55. The molecule has 2 heterocycles. The summed E-state index contributed by atoms with van der Waals surface area (Å²) in [5.41, 5.74) is 1.85. The van der Waals surface area contributed by atoms with E-state index in [0.29, 0.717) is 11.7 Å². The molecule has 3 rings (SSSR count). The Morgan fingerprint density at radius 1 is 1.35 bits per heavy atom. The fraction of sp³-hybridized carbons (Fsp3) is 0.308. The minimum absolute atomic E-state index is 0.0404. The van der Waals surface area contributed by atoms with Crippen LogP contribution in [0.5, 0.6) is 5.75 Å². The first-order chi connectivity index (χ1) is 9.65. The minimum atomic E-state index is 0.0404. The topological polar surface area (TPSA) is 76.8 Å². The zero-order chi connectivity index (χ0) is 14.1. The first kappa shape index (κ1) is 13.0. The molecular weight excluding hydrogens is 276 g/mol. The van der Waals surface area contributed by atoms with E-state index >= 15 is 0 Å². The summed E-state index contributed by atoms with van der Waals surface area (Å²) in [7, 11) is 1.65. The van der Waals surface area contributed by atoms with Crippen molar-refractivity contribution >= 4 is 22.8 Å². The molecule has 0 fully saturated rings. The van der Waals surface area contributed by atoms with Gasteiger partial charge in [-0.25, -0.2) is 4.98 Å². The van der Waals surface area contributed by atoms with Gasteiger partial charge in [0.05, 0.1) is 23.4 Å². The Kier molecular flexibility index (Phi) is 3.35. The van der Waals surface area contributed by atoms with Crippen molar-refractivity contribution in [1.82, 2.24) is 20.1 Å². The Labute approximate surface area is 119 Å². The van der Waals surface area contributed by atoms with E-state index < -0.39 is 0 Å². The molecular formula is C13H14N4O2S.